The van der Waals surface area contributed by atoms with Crippen LogP contribution in [0, 0.1) is 0 Å². The third kappa shape index (κ3) is 2.99. The molecule has 0 atom stereocenters. The van der Waals surface area contributed by atoms with Gasteiger partial charge in [0.25, 0.3) is 10.0 Å². The van der Waals surface area contributed by atoms with Gasteiger partial charge in [0.05, 0.1) is 21.1 Å². The molecule has 0 aliphatic rings. The molecule has 1 heterocycles. The summed E-state index contributed by atoms with van der Waals surface area (Å²) in [6.07, 6.45) is 0. The number of anilines is 1. The van der Waals surface area contributed by atoms with Gasteiger partial charge in [0.1, 0.15) is 0 Å². The van der Waals surface area contributed by atoms with Crippen LogP contribution in [0.3, 0.4) is 0 Å². The number of primary amides is 1. The summed E-state index contributed by atoms with van der Waals surface area (Å²) >= 11 is 5.95. The van der Waals surface area contributed by atoms with Crippen LogP contribution >= 0.6 is 11.6 Å². The Bertz CT molecular complexity index is 1120. The van der Waals surface area contributed by atoms with Crippen LogP contribution in [0.2, 0.25) is 5.02 Å². The van der Waals surface area contributed by atoms with Crippen molar-refractivity contribution in [2.24, 2.45) is 5.73 Å². The van der Waals surface area contributed by atoms with Crippen LogP contribution in [-0.2, 0) is 10.0 Å². The van der Waals surface area contributed by atoms with E-state index in [0.29, 0.717) is 5.52 Å². The molecule has 0 spiro atoms. The number of hydrogen-bond donors (Lipinski definition) is 3. The molecule has 3 aromatic rings. The predicted molar refractivity (Wildman–Crippen MR) is 87.6 cm³/mol. The first-order valence-electron chi connectivity index (χ1n) is 6.51. The second kappa shape index (κ2) is 5.69. The lowest BCUT2D eigenvalue weighted by molar-refractivity contribution is 0.100. The average Bonchev–Trinajstić information content (AvgIpc) is 2.88. The number of hydrogen-bond acceptors (Lipinski definition) is 5. The maximum Gasteiger partial charge on any atom is 0.417 e. The summed E-state index contributed by atoms with van der Waals surface area (Å²) in [7, 11) is -4.02. The SMILES string of the molecule is NC(=O)c1ccc(Cl)c(NS(=O)(=O)c2ccc3[nH]c(=O)oc3c2)c1. The lowest BCUT2D eigenvalue weighted by Crippen LogP contribution is -2.15. The summed E-state index contributed by atoms with van der Waals surface area (Å²) in [5.41, 5.74) is 5.74. The van der Waals surface area contributed by atoms with Gasteiger partial charge in [-0.1, -0.05) is 11.6 Å². The van der Waals surface area contributed by atoms with Crippen LogP contribution in [0.15, 0.2) is 50.5 Å². The monoisotopic (exact) mass is 367 g/mol. The molecule has 4 N–H and O–H groups in total. The van der Waals surface area contributed by atoms with E-state index < -0.39 is 21.7 Å². The van der Waals surface area contributed by atoms with Crippen molar-refractivity contribution in [3.8, 4) is 0 Å². The average molecular weight is 368 g/mol. The van der Waals surface area contributed by atoms with E-state index in [2.05, 4.69) is 9.71 Å². The van der Waals surface area contributed by atoms with Crippen molar-refractivity contribution in [3.63, 3.8) is 0 Å². The number of sulfonamides is 1. The molecule has 1 aromatic heterocycles. The Balaban J connectivity index is 2.02. The molecule has 0 bridgehead atoms. The Hall–Kier alpha value is -2.78. The molecule has 2 aromatic carbocycles. The predicted octanol–water partition coefficient (Wildman–Crippen LogP) is 1.67. The summed E-state index contributed by atoms with van der Waals surface area (Å²) in [6, 6.07) is 7.85. The molecule has 0 radical (unpaired) electrons. The molecule has 0 saturated heterocycles. The van der Waals surface area contributed by atoms with Gasteiger partial charge in [0.15, 0.2) is 5.58 Å². The van der Waals surface area contributed by atoms with Gasteiger partial charge in [-0.05, 0) is 30.3 Å². The number of aromatic nitrogens is 1. The number of aromatic amines is 1. The third-order valence-electron chi connectivity index (χ3n) is 3.20. The molecular weight excluding hydrogens is 358 g/mol. The first-order valence-corrected chi connectivity index (χ1v) is 8.37. The molecule has 0 fully saturated rings. The van der Waals surface area contributed by atoms with E-state index in [1.54, 1.807) is 0 Å². The van der Waals surface area contributed by atoms with Crippen LogP contribution in [0.4, 0.5) is 5.69 Å². The van der Waals surface area contributed by atoms with Crippen LogP contribution in [0.1, 0.15) is 10.4 Å². The van der Waals surface area contributed by atoms with Crippen molar-refractivity contribution in [3.05, 3.63) is 57.5 Å². The molecule has 8 nitrogen and oxygen atoms in total. The van der Waals surface area contributed by atoms with E-state index in [1.165, 1.54) is 36.4 Å². The fourth-order valence-electron chi connectivity index (χ4n) is 2.05. The van der Waals surface area contributed by atoms with E-state index in [0.717, 1.165) is 0 Å². The Morgan fingerprint density at radius 2 is 1.96 bits per heavy atom. The van der Waals surface area contributed by atoms with Crippen molar-refractivity contribution in [1.82, 2.24) is 4.98 Å². The standard InChI is InChI=1S/C14H10ClN3O5S/c15-9-3-1-7(13(16)19)5-11(9)18-24(21,22)8-2-4-10-12(6-8)23-14(20)17-10/h1-6,18H,(H2,16,19)(H,17,20). The molecule has 3 rings (SSSR count). The van der Waals surface area contributed by atoms with E-state index in [-0.39, 0.29) is 26.8 Å². The van der Waals surface area contributed by atoms with Crippen molar-refractivity contribution in [1.29, 1.82) is 0 Å². The maximum absolute atomic E-state index is 12.5. The highest BCUT2D eigenvalue weighted by atomic mass is 35.5. The van der Waals surface area contributed by atoms with Gasteiger partial charge in [-0.15, -0.1) is 0 Å². The number of nitrogens with one attached hydrogen (secondary N) is 2. The summed E-state index contributed by atoms with van der Waals surface area (Å²) in [5.74, 6) is -1.41. The summed E-state index contributed by atoms with van der Waals surface area (Å²) < 4.78 is 32.0. The number of halogens is 1. The number of carbonyl (C=O) groups is 1. The zero-order valence-corrected chi connectivity index (χ0v) is 13.4. The molecule has 1 amide bonds. The zero-order valence-electron chi connectivity index (χ0n) is 11.9. The van der Waals surface area contributed by atoms with Crippen LogP contribution in [0.5, 0.6) is 0 Å². The molecule has 0 aliphatic heterocycles. The number of benzene rings is 2. The fourth-order valence-corrected chi connectivity index (χ4v) is 3.36. The fraction of sp³-hybridized carbons (Fsp3) is 0. The third-order valence-corrected chi connectivity index (χ3v) is 4.89. The maximum atomic E-state index is 12.5. The number of oxazole rings is 1. The van der Waals surface area contributed by atoms with E-state index in [9.17, 15) is 18.0 Å². The first-order chi connectivity index (χ1) is 11.3. The topological polar surface area (TPSA) is 135 Å². The Kier molecular flexibility index (Phi) is 3.82. The summed E-state index contributed by atoms with van der Waals surface area (Å²) in [6.45, 7) is 0. The highest BCUT2D eigenvalue weighted by Crippen LogP contribution is 2.26. The van der Waals surface area contributed by atoms with Gasteiger partial charge >= 0.3 is 5.76 Å². The quantitative estimate of drug-likeness (QED) is 0.644. The van der Waals surface area contributed by atoms with Crippen LogP contribution < -0.4 is 16.2 Å². The zero-order chi connectivity index (χ0) is 17.5. The highest BCUT2D eigenvalue weighted by molar-refractivity contribution is 7.92. The number of nitrogens with two attached hydrogens (primary N) is 1. The lowest BCUT2D eigenvalue weighted by Gasteiger charge is -2.10. The van der Waals surface area contributed by atoms with Crippen molar-refractivity contribution >= 4 is 44.3 Å². The first kappa shape index (κ1) is 16.1. The summed E-state index contributed by atoms with van der Waals surface area (Å²) in [4.78, 5) is 24.6. The van der Waals surface area contributed by atoms with Crippen molar-refractivity contribution in [2.45, 2.75) is 4.90 Å². The van der Waals surface area contributed by atoms with E-state index in [1.807, 2.05) is 0 Å². The molecule has 124 valence electrons. The molecule has 0 aliphatic carbocycles. The molecular formula is C14H10ClN3O5S. The molecule has 0 unspecified atom stereocenters. The minimum Gasteiger partial charge on any atom is -0.408 e. The molecule has 24 heavy (non-hydrogen) atoms. The number of rotatable bonds is 4. The number of amides is 1. The highest BCUT2D eigenvalue weighted by Gasteiger charge is 2.18. The van der Waals surface area contributed by atoms with Gasteiger partial charge in [-0.3, -0.25) is 14.5 Å². The second-order valence-corrected chi connectivity index (χ2v) is 6.93. The Morgan fingerprint density at radius 3 is 2.67 bits per heavy atom. The van der Waals surface area contributed by atoms with Gasteiger partial charge in [-0.2, -0.15) is 0 Å². The minimum absolute atomic E-state index is 0.00332. The van der Waals surface area contributed by atoms with E-state index in [4.69, 9.17) is 21.8 Å². The second-order valence-electron chi connectivity index (χ2n) is 4.84. The molecule has 10 heteroatoms. The van der Waals surface area contributed by atoms with Gasteiger partial charge < -0.3 is 10.2 Å². The van der Waals surface area contributed by atoms with Crippen LogP contribution in [0.25, 0.3) is 11.1 Å². The minimum atomic E-state index is -4.02. The van der Waals surface area contributed by atoms with Gasteiger partial charge in [-0.25, -0.2) is 13.2 Å². The number of H-pyrrole nitrogens is 1. The Morgan fingerprint density at radius 1 is 1.21 bits per heavy atom. The van der Waals surface area contributed by atoms with Crippen molar-refractivity contribution in [2.75, 3.05) is 4.72 Å². The normalized spacial score (nSPS) is 11.5. The number of fused-ring (bicyclic) bond motifs is 1. The van der Waals surface area contributed by atoms with Crippen LogP contribution in [-0.4, -0.2) is 19.3 Å². The summed E-state index contributed by atoms with van der Waals surface area (Å²) in [5, 5.41) is 0.0952. The smallest absolute Gasteiger partial charge is 0.408 e. The number of carbonyl (C=O) groups excluding carboxylic acids is 1. The molecule has 0 saturated carbocycles. The Labute approximate surface area is 140 Å². The van der Waals surface area contributed by atoms with E-state index >= 15 is 0 Å². The van der Waals surface area contributed by atoms with Crippen molar-refractivity contribution < 1.29 is 17.6 Å². The van der Waals surface area contributed by atoms with Gasteiger partial charge in [0.2, 0.25) is 5.91 Å². The lowest BCUT2D eigenvalue weighted by atomic mass is 10.2. The largest absolute Gasteiger partial charge is 0.417 e. The van der Waals surface area contributed by atoms with Gasteiger partial charge in [0, 0.05) is 11.6 Å².